The minimum absolute atomic E-state index is 0.0406. The number of aromatic amines is 1. The quantitative estimate of drug-likeness (QED) is 0.655. The van der Waals surface area contributed by atoms with Gasteiger partial charge in [0.15, 0.2) is 5.11 Å². The van der Waals surface area contributed by atoms with E-state index >= 15 is 0 Å². The summed E-state index contributed by atoms with van der Waals surface area (Å²) in [4.78, 5) is 31.7. The summed E-state index contributed by atoms with van der Waals surface area (Å²) >= 11 is 5.44. The number of anilines is 1. The topological polar surface area (TPSA) is 68.4 Å². The summed E-state index contributed by atoms with van der Waals surface area (Å²) in [6.45, 7) is 0.488. The van der Waals surface area contributed by atoms with E-state index in [0.29, 0.717) is 17.3 Å². The van der Waals surface area contributed by atoms with Crippen LogP contribution in [0, 0.1) is 0 Å². The first-order valence-electron chi connectivity index (χ1n) is 9.02. The predicted octanol–water partition coefficient (Wildman–Crippen LogP) is 3.12. The number of likely N-dealkylation sites (N-methyl/N-ethyl adjacent to an activating group) is 1. The molecule has 2 heterocycles. The van der Waals surface area contributed by atoms with Crippen LogP contribution in [-0.2, 0) is 16.1 Å². The summed E-state index contributed by atoms with van der Waals surface area (Å²) in [7, 11) is 1.65. The average molecular weight is 392 g/mol. The van der Waals surface area contributed by atoms with Gasteiger partial charge in [-0.2, -0.15) is 0 Å². The Bertz CT molecular complexity index is 1050. The molecule has 1 saturated heterocycles. The fraction of sp³-hybridized carbons (Fsp3) is 0.190. The van der Waals surface area contributed by atoms with Gasteiger partial charge in [0.1, 0.15) is 6.04 Å². The monoisotopic (exact) mass is 392 g/mol. The van der Waals surface area contributed by atoms with E-state index in [-0.39, 0.29) is 18.2 Å². The smallest absolute Gasteiger partial charge is 0.251 e. The molecule has 4 rings (SSSR count). The van der Waals surface area contributed by atoms with Crippen LogP contribution in [0.1, 0.15) is 12.0 Å². The van der Waals surface area contributed by atoms with Crippen LogP contribution < -0.4 is 5.32 Å². The number of rotatable bonds is 5. The lowest BCUT2D eigenvalue weighted by Crippen LogP contribution is -2.37. The number of nitrogens with one attached hydrogen (secondary N) is 2. The highest BCUT2D eigenvalue weighted by Gasteiger charge is 2.41. The first-order valence-corrected chi connectivity index (χ1v) is 9.43. The molecule has 2 aromatic carbocycles. The number of thiocarbonyl (C=S) groups is 1. The summed E-state index contributed by atoms with van der Waals surface area (Å²) in [6, 6.07) is 16.8. The van der Waals surface area contributed by atoms with Crippen LogP contribution >= 0.6 is 12.2 Å². The van der Waals surface area contributed by atoms with Crippen molar-refractivity contribution in [2.45, 2.75) is 19.0 Å². The van der Waals surface area contributed by atoms with Crippen LogP contribution in [0.15, 0.2) is 60.8 Å². The maximum Gasteiger partial charge on any atom is 0.251 e. The Balaban J connectivity index is 1.49. The zero-order valence-electron chi connectivity index (χ0n) is 15.4. The van der Waals surface area contributed by atoms with E-state index in [9.17, 15) is 9.59 Å². The summed E-state index contributed by atoms with van der Waals surface area (Å²) in [5.41, 5.74) is 2.67. The fourth-order valence-corrected chi connectivity index (χ4v) is 3.73. The molecule has 1 aromatic heterocycles. The lowest BCUT2D eigenvalue weighted by Gasteiger charge is -2.23. The Morgan fingerprint density at radius 3 is 2.75 bits per heavy atom. The Kier molecular flexibility index (Phi) is 4.83. The molecule has 142 valence electrons. The first-order chi connectivity index (χ1) is 13.5. The summed E-state index contributed by atoms with van der Waals surface area (Å²) < 4.78 is 0. The number of hydrogen-bond donors (Lipinski definition) is 2. The highest BCUT2D eigenvalue weighted by Crippen LogP contribution is 2.23. The molecule has 6 nitrogen and oxygen atoms in total. The number of amides is 2. The Hall–Kier alpha value is -3.19. The van der Waals surface area contributed by atoms with Crippen LogP contribution in [0.2, 0.25) is 0 Å². The van der Waals surface area contributed by atoms with Crippen LogP contribution in [0.25, 0.3) is 10.9 Å². The number of hydrogen-bond acceptors (Lipinski definition) is 3. The van der Waals surface area contributed by atoms with E-state index in [1.54, 1.807) is 7.05 Å². The van der Waals surface area contributed by atoms with Crippen molar-refractivity contribution in [3.63, 3.8) is 0 Å². The van der Waals surface area contributed by atoms with E-state index in [2.05, 4.69) is 10.3 Å². The van der Waals surface area contributed by atoms with Crippen molar-refractivity contribution in [1.82, 2.24) is 14.8 Å². The average Bonchev–Trinajstić information content (AvgIpc) is 3.23. The predicted molar refractivity (Wildman–Crippen MR) is 113 cm³/mol. The van der Waals surface area contributed by atoms with E-state index in [4.69, 9.17) is 12.2 Å². The minimum atomic E-state index is -0.605. The second-order valence-electron chi connectivity index (χ2n) is 6.84. The molecule has 7 heteroatoms. The molecular weight excluding hydrogens is 372 g/mol. The molecule has 0 spiro atoms. The van der Waals surface area contributed by atoms with Crippen LogP contribution in [-0.4, -0.2) is 44.8 Å². The minimum Gasteiger partial charge on any atom is -0.361 e. The largest absolute Gasteiger partial charge is 0.361 e. The maximum atomic E-state index is 12.7. The highest BCUT2D eigenvalue weighted by atomic mass is 32.1. The maximum absolute atomic E-state index is 12.7. The van der Waals surface area contributed by atoms with E-state index in [1.165, 1.54) is 4.90 Å². The van der Waals surface area contributed by atoms with Crippen LogP contribution in [0.5, 0.6) is 0 Å². The summed E-state index contributed by atoms with van der Waals surface area (Å²) in [5, 5.41) is 4.40. The van der Waals surface area contributed by atoms with Gasteiger partial charge in [-0.1, -0.05) is 36.4 Å². The van der Waals surface area contributed by atoms with Crippen molar-refractivity contribution in [2.24, 2.45) is 0 Å². The van der Waals surface area contributed by atoms with E-state index in [1.807, 2.05) is 65.7 Å². The van der Waals surface area contributed by atoms with Gasteiger partial charge in [-0.25, -0.2) is 0 Å². The molecule has 28 heavy (non-hydrogen) atoms. The number of nitrogens with zero attached hydrogens (tertiary/aromatic N) is 2. The third kappa shape index (κ3) is 3.48. The molecule has 0 bridgehead atoms. The lowest BCUT2D eigenvalue weighted by atomic mass is 10.1. The zero-order chi connectivity index (χ0) is 19.7. The van der Waals surface area contributed by atoms with Gasteiger partial charge in [-0.05, 0) is 41.4 Å². The van der Waals surface area contributed by atoms with E-state index in [0.717, 1.165) is 16.5 Å². The van der Waals surface area contributed by atoms with Gasteiger partial charge in [-0.15, -0.1) is 0 Å². The highest BCUT2D eigenvalue weighted by molar-refractivity contribution is 7.80. The normalized spacial score (nSPS) is 16.8. The fourth-order valence-electron chi connectivity index (χ4n) is 3.45. The Labute approximate surface area is 168 Å². The lowest BCUT2D eigenvalue weighted by molar-refractivity contribution is -0.130. The molecular formula is C21H20N4O2S. The molecule has 0 aliphatic carbocycles. The molecule has 1 aliphatic rings. The zero-order valence-corrected chi connectivity index (χ0v) is 16.2. The van der Waals surface area contributed by atoms with E-state index < -0.39 is 6.04 Å². The molecule has 1 unspecified atom stereocenters. The first kappa shape index (κ1) is 18.2. The van der Waals surface area contributed by atoms with Crippen LogP contribution in [0.4, 0.5) is 5.69 Å². The molecule has 0 radical (unpaired) electrons. The second-order valence-corrected chi connectivity index (χ2v) is 7.21. The standard InChI is InChI=1S/C21H20N4O2S/c1-24-20(27)18(25(21(24)28)13-14-5-3-2-4-6-14)12-19(26)23-16-8-7-15-9-10-22-17(15)11-16/h2-11,18,22H,12-13H2,1H3,(H,23,26). The molecule has 1 aliphatic heterocycles. The number of carbonyl (C=O) groups excluding carboxylic acids is 2. The van der Waals surface area contributed by atoms with Crippen molar-refractivity contribution in [3.8, 4) is 0 Å². The Morgan fingerprint density at radius 2 is 1.96 bits per heavy atom. The number of H-pyrrole nitrogens is 1. The number of benzene rings is 2. The molecule has 1 atom stereocenters. The van der Waals surface area contributed by atoms with Gasteiger partial charge < -0.3 is 15.2 Å². The molecule has 0 saturated carbocycles. The molecule has 1 fully saturated rings. The van der Waals surface area contributed by atoms with Crippen molar-refractivity contribution < 1.29 is 9.59 Å². The van der Waals surface area contributed by atoms with Gasteiger partial charge in [0.2, 0.25) is 5.91 Å². The van der Waals surface area contributed by atoms with Crippen LogP contribution in [0.3, 0.4) is 0 Å². The summed E-state index contributed by atoms with van der Waals surface area (Å²) in [5.74, 6) is -0.378. The van der Waals surface area contributed by atoms with Gasteiger partial charge >= 0.3 is 0 Å². The van der Waals surface area contributed by atoms with Gasteiger partial charge in [0.05, 0.1) is 6.42 Å². The molecule has 2 amide bonds. The van der Waals surface area contributed by atoms with Crippen molar-refractivity contribution in [3.05, 3.63) is 66.4 Å². The third-order valence-corrected chi connectivity index (χ3v) is 5.45. The number of carbonyl (C=O) groups is 2. The van der Waals surface area contributed by atoms with Crippen molar-refractivity contribution >= 4 is 45.7 Å². The molecule has 2 N–H and O–H groups in total. The Morgan fingerprint density at radius 1 is 1.18 bits per heavy atom. The van der Waals surface area contributed by atoms with Gasteiger partial charge in [0.25, 0.3) is 5.91 Å². The summed E-state index contributed by atoms with van der Waals surface area (Å²) in [6.07, 6.45) is 1.89. The van der Waals surface area contributed by atoms with Crippen molar-refractivity contribution in [1.29, 1.82) is 0 Å². The number of aromatic nitrogens is 1. The van der Waals surface area contributed by atoms with Gasteiger partial charge in [0, 0.05) is 31.0 Å². The SMILES string of the molecule is CN1C(=O)C(CC(=O)Nc2ccc3cc[nH]c3c2)N(Cc2ccccc2)C1=S. The number of fused-ring (bicyclic) bond motifs is 1. The second kappa shape index (κ2) is 7.44. The van der Waals surface area contributed by atoms with Gasteiger partial charge in [-0.3, -0.25) is 14.5 Å². The molecule has 3 aromatic rings. The third-order valence-electron chi connectivity index (χ3n) is 4.94. The van der Waals surface area contributed by atoms with Crippen molar-refractivity contribution in [2.75, 3.05) is 12.4 Å².